The Labute approximate surface area is 150 Å². The number of aryl methyl sites for hydroxylation is 1. The van der Waals surface area contributed by atoms with Crippen molar-refractivity contribution in [2.45, 2.75) is 19.0 Å². The van der Waals surface area contributed by atoms with Crippen molar-refractivity contribution in [1.82, 2.24) is 0 Å². The average molecular weight is 415 g/mol. The van der Waals surface area contributed by atoms with Crippen LogP contribution >= 0.6 is 15.9 Å². The summed E-state index contributed by atoms with van der Waals surface area (Å²) in [5, 5.41) is 4.34. The Morgan fingerprint density at radius 1 is 0.960 bits per heavy atom. The number of anilines is 2. The van der Waals surface area contributed by atoms with Crippen LogP contribution in [0.3, 0.4) is 0 Å². The van der Waals surface area contributed by atoms with Crippen LogP contribution in [0.1, 0.15) is 12.0 Å². The highest BCUT2D eigenvalue weighted by Gasteiger charge is 2.38. The molecule has 0 saturated carbocycles. The van der Waals surface area contributed by atoms with E-state index < -0.39 is 12.1 Å². The van der Waals surface area contributed by atoms with E-state index in [9.17, 15) is 22.8 Å². The molecule has 132 valence electrons. The lowest BCUT2D eigenvalue weighted by molar-refractivity contribution is -0.167. The fraction of sp³-hybridized carbons (Fsp3) is 0.176. The lowest BCUT2D eigenvalue weighted by Gasteiger charge is -2.10. The molecule has 2 rings (SSSR count). The van der Waals surface area contributed by atoms with Crippen LogP contribution in [0.25, 0.3) is 0 Å². The molecule has 0 aliphatic carbocycles. The normalized spacial score (nSPS) is 11.0. The van der Waals surface area contributed by atoms with Crippen molar-refractivity contribution >= 4 is 39.1 Å². The molecule has 4 nitrogen and oxygen atoms in total. The van der Waals surface area contributed by atoms with Gasteiger partial charge in [0.1, 0.15) is 0 Å². The van der Waals surface area contributed by atoms with Crippen molar-refractivity contribution in [2.75, 3.05) is 10.6 Å². The maximum Gasteiger partial charge on any atom is 0.471 e. The van der Waals surface area contributed by atoms with Gasteiger partial charge in [0.2, 0.25) is 5.91 Å². The molecule has 0 heterocycles. The minimum atomic E-state index is -4.97. The van der Waals surface area contributed by atoms with Crippen LogP contribution < -0.4 is 10.6 Å². The highest BCUT2D eigenvalue weighted by atomic mass is 79.9. The number of carbonyl (C=O) groups is 2. The molecule has 0 aliphatic heterocycles. The Kier molecular flexibility index (Phi) is 6.19. The van der Waals surface area contributed by atoms with Crippen LogP contribution in [-0.4, -0.2) is 18.0 Å². The first-order valence-electron chi connectivity index (χ1n) is 7.27. The Balaban J connectivity index is 1.94. The summed E-state index contributed by atoms with van der Waals surface area (Å²) >= 11 is 3.40. The van der Waals surface area contributed by atoms with Crippen LogP contribution in [0.15, 0.2) is 53.0 Å². The summed E-state index contributed by atoms with van der Waals surface area (Å²) in [4.78, 5) is 22.9. The molecular formula is C17H14BrF3N2O2. The summed E-state index contributed by atoms with van der Waals surface area (Å²) in [6.07, 6.45) is -4.25. The van der Waals surface area contributed by atoms with E-state index in [1.807, 2.05) is 24.3 Å². The molecule has 2 aromatic carbocycles. The second-order valence-electron chi connectivity index (χ2n) is 5.17. The number of amides is 2. The molecule has 0 unspecified atom stereocenters. The zero-order valence-electron chi connectivity index (χ0n) is 12.9. The first kappa shape index (κ1) is 19.0. The van der Waals surface area contributed by atoms with Gasteiger partial charge in [0, 0.05) is 22.3 Å². The second kappa shape index (κ2) is 8.15. The van der Waals surface area contributed by atoms with Crippen molar-refractivity contribution in [3.05, 3.63) is 58.6 Å². The molecule has 0 bridgehead atoms. The largest absolute Gasteiger partial charge is 0.471 e. The van der Waals surface area contributed by atoms with Gasteiger partial charge in [-0.15, -0.1) is 0 Å². The Hall–Kier alpha value is -2.35. The second-order valence-corrected chi connectivity index (χ2v) is 6.03. The molecule has 8 heteroatoms. The predicted octanol–water partition coefficient (Wildman–Crippen LogP) is 4.52. The number of rotatable bonds is 5. The van der Waals surface area contributed by atoms with Gasteiger partial charge >= 0.3 is 12.1 Å². The number of halogens is 4. The van der Waals surface area contributed by atoms with Gasteiger partial charge in [-0.1, -0.05) is 40.2 Å². The van der Waals surface area contributed by atoms with Crippen molar-refractivity contribution in [2.24, 2.45) is 0 Å². The number of nitrogens with one attached hydrogen (secondary N) is 2. The number of hydrogen-bond acceptors (Lipinski definition) is 2. The minimum Gasteiger partial charge on any atom is -0.326 e. The van der Waals surface area contributed by atoms with Gasteiger partial charge in [-0.3, -0.25) is 9.59 Å². The Morgan fingerprint density at radius 3 is 2.24 bits per heavy atom. The summed E-state index contributed by atoms with van der Waals surface area (Å²) in [6.45, 7) is 0. The SMILES string of the molecule is O=C(CCc1ccccc1Br)Nc1cccc(NC(=O)C(F)(F)F)c1. The van der Waals surface area contributed by atoms with Gasteiger partial charge in [-0.2, -0.15) is 13.2 Å². The number of benzene rings is 2. The van der Waals surface area contributed by atoms with Crippen molar-refractivity contribution in [1.29, 1.82) is 0 Å². The van der Waals surface area contributed by atoms with Crippen LogP contribution in [0.5, 0.6) is 0 Å². The van der Waals surface area contributed by atoms with Crippen molar-refractivity contribution < 1.29 is 22.8 Å². The molecule has 0 atom stereocenters. The number of carbonyl (C=O) groups excluding carboxylic acids is 2. The van der Waals surface area contributed by atoms with E-state index in [4.69, 9.17) is 0 Å². The summed E-state index contributed by atoms with van der Waals surface area (Å²) in [5.41, 5.74) is 1.23. The van der Waals surface area contributed by atoms with Gasteiger partial charge in [-0.25, -0.2) is 0 Å². The molecule has 0 aromatic heterocycles. The molecule has 2 N–H and O–H groups in total. The van der Waals surface area contributed by atoms with E-state index in [0.717, 1.165) is 10.0 Å². The standard InChI is InChI=1S/C17H14BrF3N2O2/c18-14-7-2-1-4-11(14)8-9-15(24)22-12-5-3-6-13(10-12)23-16(25)17(19,20)21/h1-7,10H,8-9H2,(H,22,24)(H,23,25). The zero-order chi connectivity index (χ0) is 18.4. The quantitative estimate of drug-likeness (QED) is 0.755. The first-order chi connectivity index (χ1) is 11.8. The lowest BCUT2D eigenvalue weighted by atomic mass is 10.1. The third-order valence-corrected chi connectivity index (χ3v) is 4.01. The van der Waals surface area contributed by atoms with Gasteiger partial charge in [-0.05, 0) is 36.2 Å². The summed E-state index contributed by atoms with van der Waals surface area (Å²) in [5.74, 6) is -2.35. The fourth-order valence-electron chi connectivity index (χ4n) is 2.05. The third kappa shape index (κ3) is 5.90. The molecule has 25 heavy (non-hydrogen) atoms. The van der Waals surface area contributed by atoms with E-state index in [-0.39, 0.29) is 18.0 Å². The lowest BCUT2D eigenvalue weighted by Crippen LogP contribution is -2.29. The molecule has 0 radical (unpaired) electrons. The van der Waals surface area contributed by atoms with Gasteiger partial charge in [0.05, 0.1) is 0 Å². The number of alkyl halides is 3. The molecule has 0 saturated heterocycles. The third-order valence-electron chi connectivity index (χ3n) is 3.24. The topological polar surface area (TPSA) is 58.2 Å². The highest BCUT2D eigenvalue weighted by Crippen LogP contribution is 2.21. The summed E-state index contributed by atoms with van der Waals surface area (Å²) < 4.78 is 37.7. The molecule has 0 fully saturated rings. The molecule has 0 aliphatic rings. The molecular weight excluding hydrogens is 401 g/mol. The van der Waals surface area contributed by atoms with Crippen LogP contribution in [0, 0.1) is 0 Å². The molecule has 2 amide bonds. The van der Waals surface area contributed by atoms with E-state index >= 15 is 0 Å². The average Bonchev–Trinajstić information content (AvgIpc) is 2.53. The predicted molar refractivity (Wildman–Crippen MR) is 92.2 cm³/mol. The number of hydrogen-bond donors (Lipinski definition) is 2. The minimum absolute atomic E-state index is 0.0501. The van der Waals surface area contributed by atoms with Crippen molar-refractivity contribution in [3.8, 4) is 0 Å². The fourth-order valence-corrected chi connectivity index (χ4v) is 2.53. The van der Waals surface area contributed by atoms with E-state index in [1.54, 1.807) is 5.32 Å². The molecule has 0 spiro atoms. The van der Waals surface area contributed by atoms with Crippen molar-refractivity contribution in [3.63, 3.8) is 0 Å². The van der Waals surface area contributed by atoms with E-state index in [2.05, 4.69) is 21.2 Å². The Morgan fingerprint density at radius 2 is 1.60 bits per heavy atom. The van der Waals surface area contributed by atoms with E-state index in [0.29, 0.717) is 12.1 Å². The maximum absolute atomic E-state index is 12.3. The Bertz CT molecular complexity index is 778. The summed E-state index contributed by atoms with van der Waals surface area (Å²) in [7, 11) is 0. The van der Waals surface area contributed by atoms with Crippen LogP contribution in [0.4, 0.5) is 24.5 Å². The van der Waals surface area contributed by atoms with E-state index in [1.165, 1.54) is 24.3 Å². The van der Waals surface area contributed by atoms with Gasteiger partial charge in [0.25, 0.3) is 0 Å². The summed E-state index contributed by atoms with van der Waals surface area (Å²) in [6, 6.07) is 13.0. The van der Waals surface area contributed by atoms with Gasteiger partial charge < -0.3 is 10.6 Å². The maximum atomic E-state index is 12.3. The highest BCUT2D eigenvalue weighted by molar-refractivity contribution is 9.10. The monoisotopic (exact) mass is 414 g/mol. The molecule has 2 aromatic rings. The van der Waals surface area contributed by atoms with Crippen LogP contribution in [0.2, 0.25) is 0 Å². The first-order valence-corrected chi connectivity index (χ1v) is 8.06. The van der Waals surface area contributed by atoms with Crippen LogP contribution in [-0.2, 0) is 16.0 Å². The smallest absolute Gasteiger partial charge is 0.326 e. The van der Waals surface area contributed by atoms with Gasteiger partial charge in [0.15, 0.2) is 0 Å². The zero-order valence-corrected chi connectivity index (χ0v) is 14.4.